The molecule has 0 radical (unpaired) electrons. The van der Waals surface area contributed by atoms with Crippen molar-refractivity contribution in [1.29, 1.82) is 0 Å². The molecule has 0 spiro atoms. The zero-order valence-electron chi connectivity index (χ0n) is 11.2. The third-order valence-electron chi connectivity index (χ3n) is 3.21. The lowest BCUT2D eigenvalue weighted by Gasteiger charge is -2.11. The molecule has 0 saturated carbocycles. The first kappa shape index (κ1) is 13.5. The topological polar surface area (TPSA) is 49.7 Å². The van der Waals surface area contributed by atoms with Crippen molar-refractivity contribution in [3.63, 3.8) is 0 Å². The first-order valence-electron chi connectivity index (χ1n) is 6.80. The van der Waals surface area contributed by atoms with Gasteiger partial charge in [-0.2, -0.15) is 0 Å². The minimum Gasteiger partial charge on any atom is -0.507 e. The molecule has 0 aliphatic rings. The molecule has 0 heterocycles. The summed E-state index contributed by atoms with van der Waals surface area (Å²) >= 11 is 0. The van der Waals surface area contributed by atoms with Crippen molar-refractivity contribution in [3.8, 4) is 17.2 Å². The van der Waals surface area contributed by atoms with Gasteiger partial charge >= 0.3 is 0 Å². The standard InChI is InChI=1S/C16H20O3/c1-2-3-4-7-10-19-15-11-14(17)12-8-5-6-9-13(12)16(15)18/h5-6,8-9,11,17-18H,2-4,7,10H2,1H3. The Hall–Kier alpha value is -1.90. The molecule has 2 aromatic rings. The van der Waals surface area contributed by atoms with E-state index in [2.05, 4.69) is 6.92 Å². The molecule has 2 rings (SSSR count). The molecule has 102 valence electrons. The van der Waals surface area contributed by atoms with Crippen LogP contribution in [-0.4, -0.2) is 16.8 Å². The van der Waals surface area contributed by atoms with Crippen LogP contribution in [0.5, 0.6) is 17.2 Å². The molecule has 0 bridgehead atoms. The van der Waals surface area contributed by atoms with Gasteiger partial charge in [-0.15, -0.1) is 0 Å². The van der Waals surface area contributed by atoms with Crippen LogP contribution in [0.25, 0.3) is 10.8 Å². The summed E-state index contributed by atoms with van der Waals surface area (Å²) in [6.07, 6.45) is 4.46. The maximum Gasteiger partial charge on any atom is 0.165 e. The van der Waals surface area contributed by atoms with E-state index in [4.69, 9.17) is 4.74 Å². The largest absolute Gasteiger partial charge is 0.507 e. The van der Waals surface area contributed by atoms with Crippen LogP contribution in [0, 0.1) is 0 Å². The van der Waals surface area contributed by atoms with Gasteiger partial charge in [-0.1, -0.05) is 50.5 Å². The highest BCUT2D eigenvalue weighted by Gasteiger charge is 2.11. The maximum absolute atomic E-state index is 10.1. The molecule has 0 aliphatic heterocycles. The van der Waals surface area contributed by atoms with Gasteiger partial charge in [-0.3, -0.25) is 0 Å². The van der Waals surface area contributed by atoms with E-state index < -0.39 is 0 Å². The number of unbranched alkanes of at least 4 members (excludes halogenated alkanes) is 3. The van der Waals surface area contributed by atoms with Gasteiger partial charge in [-0.05, 0) is 6.42 Å². The summed E-state index contributed by atoms with van der Waals surface area (Å²) in [5, 5.41) is 21.3. The summed E-state index contributed by atoms with van der Waals surface area (Å²) in [6, 6.07) is 8.68. The van der Waals surface area contributed by atoms with Crippen molar-refractivity contribution in [1.82, 2.24) is 0 Å². The van der Waals surface area contributed by atoms with Crippen molar-refractivity contribution in [3.05, 3.63) is 30.3 Å². The second kappa shape index (κ2) is 6.32. The van der Waals surface area contributed by atoms with E-state index in [0.717, 1.165) is 12.8 Å². The second-order valence-electron chi connectivity index (χ2n) is 4.70. The van der Waals surface area contributed by atoms with Gasteiger partial charge in [0.2, 0.25) is 0 Å². The fourth-order valence-corrected chi connectivity index (χ4v) is 2.14. The SMILES string of the molecule is CCCCCCOc1cc(O)c2ccccc2c1O. The average molecular weight is 260 g/mol. The van der Waals surface area contributed by atoms with E-state index in [0.29, 0.717) is 23.1 Å². The molecule has 0 fully saturated rings. The molecule has 0 aromatic heterocycles. The number of benzene rings is 2. The lowest BCUT2D eigenvalue weighted by molar-refractivity contribution is 0.289. The van der Waals surface area contributed by atoms with Gasteiger partial charge in [0.1, 0.15) is 5.75 Å². The summed E-state index contributed by atoms with van der Waals surface area (Å²) in [7, 11) is 0. The third-order valence-corrected chi connectivity index (χ3v) is 3.21. The minimum absolute atomic E-state index is 0.101. The Morgan fingerprint density at radius 3 is 2.47 bits per heavy atom. The maximum atomic E-state index is 10.1. The minimum atomic E-state index is 0.101. The van der Waals surface area contributed by atoms with Gasteiger partial charge in [0.25, 0.3) is 0 Å². The van der Waals surface area contributed by atoms with Crippen molar-refractivity contribution >= 4 is 10.8 Å². The van der Waals surface area contributed by atoms with Crippen molar-refractivity contribution in [2.24, 2.45) is 0 Å². The van der Waals surface area contributed by atoms with E-state index in [1.165, 1.54) is 18.9 Å². The molecular weight excluding hydrogens is 240 g/mol. The Kier molecular flexibility index (Phi) is 4.50. The summed E-state index contributed by atoms with van der Waals surface area (Å²) in [4.78, 5) is 0. The number of phenolic OH excluding ortho intramolecular Hbond substituents is 2. The Bertz CT molecular complexity index is 549. The Labute approximate surface area is 113 Å². The molecule has 0 aliphatic carbocycles. The molecule has 0 saturated heterocycles. The fraction of sp³-hybridized carbons (Fsp3) is 0.375. The molecule has 2 N–H and O–H groups in total. The first-order chi connectivity index (χ1) is 9.24. The molecule has 0 atom stereocenters. The highest BCUT2D eigenvalue weighted by molar-refractivity contribution is 5.95. The van der Waals surface area contributed by atoms with E-state index in [1.807, 2.05) is 12.1 Å². The normalized spacial score (nSPS) is 10.8. The summed E-state index contributed by atoms with van der Waals surface area (Å²) in [5.41, 5.74) is 0. The average Bonchev–Trinajstić information content (AvgIpc) is 2.44. The molecule has 3 heteroatoms. The van der Waals surface area contributed by atoms with Gasteiger partial charge in [0, 0.05) is 16.8 Å². The zero-order valence-corrected chi connectivity index (χ0v) is 11.2. The van der Waals surface area contributed by atoms with Crippen LogP contribution in [0.2, 0.25) is 0 Å². The van der Waals surface area contributed by atoms with Crippen molar-refractivity contribution < 1.29 is 14.9 Å². The van der Waals surface area contributed by atoms with E-state index in [1.54, 1.807) is 12.1 Å². The van der Waals surface area contributed by atoms with Crippen LogP contribution in [0.1, 0.15) is 32.6 Å². The summed E-state index contributed by atoms with van der Waals surface area (Å²) < 4.78 is 5.56. The van der Waals surface area contributed by atoms with Crippen LogP contribution < -0.4 is 4.74 Å². The molecule has 0 amide bonds. The molecule has 0 unspecified atom stereocenters. The van der Waals surface area contributed by atoms with Gasteiger partial charge in [0.15, 0.2) is 11.5 Å². The number of fused-ring (bicyclic) bond motifs is 1. The number of hydrogen-bond acceptors (Lipinski definition) is 3. The van der Waals surface area contributed by atoms with Crippen LogP contribution in [-0.2, 0) is 0 Å². The molecule has 2 aromatic carbocycles. The van der Waals surface area contributed by atoms with Crippen molar-refractivity contribution in [2.45, 2.75) is 32.6 Å². The molecule has 19 heavy (non-hydrogen) atoms. The summed E-state index contributed by atoms with van der Waals surface area (Å²) in [5.74, 6) is 0.591. The Balaban J connectivity index is 2.13. The lowest BCUT2D eigenvalue weighted by Crippen LogP contribution is -1.97. The van der Waals surface area contributed by atoms with E-state index in [-0.39, 0.29) is 11.5 Å². The predicted octanol–water partition coefficient (Wildman–Crippen LogP) is 4.21. The second-order valence-corrected chi connectivity index (χ2v) is 4.70. The van der Waals surface area contributed by atoms with E-state index in [9.17, 15) is 10.2 Å². The fourth-order valence-electron chi connectivity index (χ4n) is 2.14. The quantitative estimate of drug-likeness (QED) is 0.604. The van der Waals surface area contributed by atoms with Crippen LogP contribution >= 0.6 is 0 Å². The molecular formula is C16H20O3. The van der Waals surface area contributed by atoms with Gasteiger partial charge in [0.05, 0.1) is 6.61 Å². The number of aromatic hydroxyl groups is 2. The van der Waals surface area contributed by atoms with Crippen LogP contribution in [0.4, 0.5) is 0 Å². The van der Waals surface area contributed by atoms with Crippen molar-refractivity contribution in [2.75, 3.05) is 6.61 Å². The number of phenols is 2. The van der Waals surface area contributed by atoms with Gasteiger partial charge in [-0.25, -0.2) is 0 Å². The third kappa shape index (κ3) is 3.11. The number of hydrogen-bond donors (Lipinski definition) is 2. The highest BCUT2D eigenvalue weighted by atomic mass is 16.5. The monoisotopic (exact) mass is 260 g/mol. The number of rotatable bonds is 6. The van der Waals surface area contributed by atoms with Crippen LogP contribution in [0.3, 0.4) is 0 Å². The Morgan fingerprint density at radius 1 is 1.00 bits per heavy atom. The smallest absolute Gasteiger partial charge is 0.165 e. The summed E-state index contributed by atoms with van der Waals surface area (Å²) in [6.45, 7) is 2.72. The van der Waals surface area contributed by atoms with E-state index >= 15 is 0 Å². The highest BCUT2D eigenvalue weighted by Crippen LogP contribution is 2.39. The van der Waals surface area contributed by atoms with Crippen LogP contribution in [0.15, 0.2) is 30.3 Å². The first-order valence-corrected chi connectivity index (χ1v) is 6.80. The predicted molar refractivity (Wildman–Crippen MR) is 76.9 cm³/mol. The zero-order chi connectivity index (χ0) is 13.7. The van der Waals surface area contributed by atoms with Gasteiger partial charge < -0.3 is 14.9 Å². The Morgan fingerprint density at radius 2 is 1.74 bits per heavy atom. The molecule has 3 nitrogen and oxygen atoms in total. The lowest BCUT2D eigenvalue weighted by atomic mass is 10.1. The number of ether oxygens (including phenoxy) is 1.